The topological polar surface area (TPSA) is 41.1 Å². The Hall–Kier alpha value is -0.350. The summed E-state index contributed by atoms with van der Waals surface area (Å²) in [6.45, 7) is 6.02. The Bertz CT molecular complexity index is 200. The van der Waals surface area contributed by atoms with Gasteiger partial charge in [0.25, 0.3) is 0 Å². The first kappa shape index (κ1) is 10.7. The lowest BCUT2D eigenvalue weighted by molar-refractivity contribution is -0.125. The van der Waals surface area contributed by atoms with Gasteiger partial charge >= 0.3 is 0 Å². The third-order valence-corrected chi connectivity index (χ3v) is 2.40. The van der Waals surface area contributed by atoms with E-state index >= 15 is 0 Å². The summed E-state index contributed by atoms with van der Waals surface area (Å²) in [7, 11) is 0. The van der Waals surface area contributed by atoms with Crippen molar-refractivity contribution >= 4 is 21.8 Å². The van der Waals surface area contributed by atoms with Crippen LogP contribution in [0.25, 0.3) is 0 Å². The number of piperidine rings is 1. The average molecular weight is 247 g/mol. The second kappa shape index (κ2) is 5.40. The number of hydrogen-bond acceptors (Lipinski definition) is 2. The predicted octanol–water partition coefficient (Wildman–Crippen LogP) is 1.01. The van der Waals surface area contributed by atoms with Crippen LogP contribution in [0.5, 0.6) is 0 Å². The zero-order chi connectivity index (χ0) is 9.68. The highest BCUT2D eigenvalue weighted by atomic mass is 79.9. The van der Waals surface area contributed by atoms with Gasteiger partial charge in [0.15, 0.2) is 0 Å². The standard InChI is InChI=1S/C9H15BrN2O/c1-7(10)5-12-9(13)8-3-2-4-11-6-8/h8,11H,1-6H2,(H,12,13)/t8-/m0/s1. The molecule has 1 heterocycles. The van der Waals surface area contributed by atoms with Crippen LogP contribution >= 0.6 is 15.9 Å². The first-order valence-electron chi connectivity index (χ1n) is 4.52. The van der Waals surface area contributed by atoms with Crippen molar-refractivity contribution in [3.63, 3.8) is 0 Å². The molecule has 0 aromatic rings. The van der Waals surface area contributed by atoms with Crippen molar-refractivity contribution in [1.82, 2.24) is 10.6 Å². The van der Waals surface area contributed by atoms with Crippen LogP contribution in [0, 0.1) is 5.92 Å². The summed E-state index contributed by atoms with van der Waals surface area (Å²) in [4.78, 5) is 11.5. The highest BCUT2D eigenvalue weighted by molar-refractivity contribution is 9.11. The number of hydrogen-bond donors (Lipinski definition) is 2. The molecule has 1 rings (SSSR count). The first-order valence-corrected chi connectivity index (χ1v) is 5.31. The molecule has 0 aromatic carbocycles. The normalized spacial score (nSPS) is 22.4. The SMILES string of the molecule is C=C(Br)CNC(=O)[C@H]1CCCNC1. The highest BCUT2D eigenvalue weighted by Gasteiger charge is 2.19. The number of nitrogens with one attached hydrogen (secondary N) is 2. The van der Waals surface area contributed by atoms with Gasteiger partial charge in [-0.3, -0.25) is 4.79 Å². The first-order chi connectivity index (χ1) is 6.20. The van der Waals surface area contributed by atoms with Gasteiger partial charge in [0.1, 0.15) is 0 Å². The van der Waals surface area contributed by atoms with E-state index in [9.17, 15) is 4.79 Å². The van der Waals surface area contributed by atoms with Crippen molar-refractivity contribution in [2.24, 2.45) is 5.92 Å². The van der Waals surface area contributed by atoms with Gasteiger partial charge in [-0.1, -0.05) is 22.5 Å². The average Bonchev–Trinajstić information content (AvgIpc) is 2.15. The Kier molecular flexibility index (Phi) is 4.45. The van der Waals surface area contributed by atoms with E-state index in [1.807, 2.05) is 0 Å². The van der Waals surface area contributed by atoms with Crippen LogP contribution in [0.1, 0.15) is 12.8 Å². The summed E-state index contributed by atoms with van der Waals surface area (Å²) in [6, 6.07) is 0. The Balaban J connectivity index is 2.25. The fourth-order valence-electron chi connectivity index (χ4n) is 1.40. The summed E-state index contributed by atoms with van der Waals surface area (Å²) >= 11 is 3.20. The summed E-state index contributed by atoms with van der Waals surface area (Å²) in [5, 5.41) is 6.03. The second-order valence-corrected chi connectivity index (χ2v) is 4.40. The van der Waals surface area contributed by atoms with Crippen LogP contribution in [0.4, 0.5) is 0 Å². The van der Waals surface area contributed by atoms with E-state index in [1.165, 1.54) is 0 Å². The summed E-state index contributed by atoms with van der Waals surface area (Å²) in [5.41, 5.74) is 0. The molecule has 0 aromatic heterocycles. The van der Waals surface area contributed by atoms with E-state index in [0.717, 1.165) is 30.4 Å². The number of amides is 1. The van der Waals surface area contributed by atoms with Crippen molar-refractivity contribution in [3.05, 3.63) is 11.1 Å². The zero-order valence-corrected chi connectivity index (χ0v) is 9.19. The fraction of sp³-hybridized carbons (Fsp3) is 0.667. The summed E-state index contributed by atoms with van der Waals surface area (Å²) in [5.74, 6) is 0.272. The molecule has 1 aliphatic rings. The van der Waals surface area contributed by atoms with Crippen LogP contribution in [0.15, 0.2) is 11.1 Å². The predicted molar refractivity (Wildman–Crippen MR) is 56.7 cm³/mol. The Morgan fingerprint density at radius 2 is 2.46 bits per heavy atom. The van der Waals surface area contributed by atoms with Crippen molar-refractivity contribution < 1.29 is 4.79 Å². The maximum atomic E-state index is 11.5. The monoisotopic (exact) mass is 246 g/mol. The molecule has 1 saturated heterocycles. The molecule has 13 heavy (non-hydrogen) atoms. The fourth-order valence-corrected chi connectivity index (χ4v) is 1.54. The van der Waals surface area contributed by atoms with Crippen molar-refractivity contribution in [1.29, 1.82) is 0 Å². The van der Waals surface area contributed by atoms with Crippen LogP contribution in [-0.2, 0) is 4.79 Å². The minimum atomic E-state index is 0.132. The maximum absolute atomic E-state index is 11.5. The van der Waals surface area contributed by atoms with Crippen LogP contribution in [0.3, 0.4) is 0 Å². The lowest BCUT2D eigenvalue weighted by atomic mass is 9.99. The van der Waals surface area contributed by atoms with Crippen molar-refractivity contribution in [3.8, 4) is 0 Å². The van der Waals surface area contributed by atoms with E-state index in [-0.39, 0.29) is 11.8 Å². The van der Waals surface area contributed by atoms with E-state index < -0.39 is 0 Å². The molecule has 74 valence electrons. The third-order valence-electron chi connectivity index (χ3n) is 2.12. The lowest BCUT2D eigenvalue weighted by Crippen LogP contribution is -2.40. The molecule has 2 N–H and O–H groups in total. The van der Waals surface area contributed by atoms with E-state index in [0.29, 0.717) is 6.54 Å². The molecule has 1 amide bonds. The van der Waals surface area contributed by atoms with E-state index in [1.54, 1.807) is 0 Å². The van der Waals surface area contributed by atoms with Gasteiger partial charge in [0.05, 0.1) is 5.92 Å². The number of carbonyl (C=O) groups excluding carboxylic acids is 1. The lowest BCUT2D eigenvalue weighted by Gasteiger charge is -2.21. The minimum Gasteiger partial charge on any atom is -0.351 e. The van der Waals surface area contributed by atoms with Gasteiger partial charge in [0.2, 0.25) is 5.91 Å². The Morgan fingerprint density at radius 1 is 1.69 bits per heavy atom. The van der Waals surface area contributed by atoms with Crippen molar-refractivity contribution in [2.45, 2.75) is 12.8 Å². The molecule has 0 radical (unpaired) electrons. The van der Waals surface area contributed by atoms with E-state index in [4.69, 9.17) is 0 Å². The molecule has 0 unspecified atom stereocenters. The molecular formula is C9H15BrN2O. The minimum absolute atomic E-state index is 0.132. The van der Waals surface area contributed by atoms with Gasteiger partial charge in [-0.05, 0) is 19.4 Å². The molecule has 3 nitrogen and oxygen atoms in total. The summed E-state index contributed by atoms with van der Waals surface area (Å²) in [6.07, 6.45) is 2.08. The molecular weight excluding hydrogens is 232 g/mol. The zero-order valence-electron chi connectivity index (χ0n) is 7.61. The maximum Gasteiger partial charge on any atom is 0.224 e. The number of halogens is 1. The van der Waals surface area contributed by atoms with Crippen LogP contribution in [-0.4, -0.2) is 25.5 Å². The van der Waals surface area contributed by atoms with E-state index in [2.05, 4.69) is 33.1 Å². The van der Waals surface area contributed by atoms with Gasteiger partial charge in [-0.15, -0.1) is 0 Å². The molecule has 0 aliphatic carbocycles. The van der Waals surface area contributed by atoms with Crippen molar-refractivity contribution in [2.75, 3.05) is 19.6 Å². The number of rotatable bonds is 3. The second-order valence-electron chi connectivity index (χ2n) is 3.28. The molecule has 1 aliphatic heterocycles. The van der Waals surface area contributed by atoms with Crippen LogP contribution < -0.4 is 10.6 Å². The largest absolute Gasteiger partial charge is 0.351 e. The number of carbonyl (C=O) groups is 1. The molecule has 1 fully saturated rings. The highest BCUT2D eigenvalue weighted by Crippen LogP contribution is 2.09. The molecule has 1 atom stereocenters. The van der Waals surface area contributed by atoms with Gasteiger partial charge in [0, 0.05) is 17.6 Å². The quantitative estimate of drug-likeness (QED) is 0.781. The molecule has 0 spiro atoms. The smallest absolute Gasteiger partial charge is 0.224 e. The third kappa shape index (κ3) is 3.91. The van der Waals surface area contributed by atoms with Gasteiger partial charge in [-0.25, -0.2) is 0 Å². The summed E-state index contributed by atoms with van der Waals surface area (Å²) < 4.78 is 0.810. The Morgan fingerprint density at radius 3 is 3.00 bits per heavy atom. The van der Waals surface area contributed by atoms with Crippen LogP contribution in [0.2, 0.25) is 0 Å². The Labute approximate surface area is 87.1 Å². The molecule has 0 bridgehead atoms. The van der Waals surface area contributed by atoms with Gasteiger partial charge in [-0.2, -0.15) is 0 Å². The molecule has 4 heteroatoms. The van der Waals surface area contributed by atoms with Gasteiger partial charge < -0.3 is 10.6 Å². The molecule has 0 saturated carbocycles.